The number of benzene rings is 1. The molecule has 0 bridgehead atoms. The number of halogens is 1. The summed E-state index contributed by atoms with van der Waals surface area (Å²) in [5, 5.41) is 8.84. The molecule has 0 aromatic heterocycles. The lowest BCUT2D eigenvalue weighted by atomic mass is 10.1. The van der Waals surface area contributed by atoms with Crippen LogP contribution in [-0.4, -0.2) is 24.7 Å². The number of nitrogens with zero attached hydrogens (tertiary/aromatic N) is 1. The highest BCUT2D eigenvalue weighted by atomic mass is 19.1. The van der Waals surface area contributed by atoms with Crippen molar-refractivity contribution in [3.8, 4) is 0 Å². The molecule has 0 amide bonds. The molecule has 1 N–H and O–H groups in total. The van der Waals surface area contributed by atoms with Gasteiger partial charge >= 0.3 is 5.97 Å². The molecule has 0 atom stereocenters. The van der Waals surface area contributed by atoms with Gasteiger partial charge in [0.05, 0.1) is 11.3 Å². The van der Waals surface area contributed by atoms with Gasteiger partial charge in [-0.15, -0.1) is 0 Å². The van der Waals surface area contributed by atoms with E-state index in [4.69, 9.17) is 5.11 Å². The number of carbonyl (C=O) groups is 1. The molecule has 1 aromatic carbocycles. The molecule has 0 fully saturated rings. The third-order valence-corrected chi connectivity index (χ3v) is 2.07. The highest BCUT2D eigenvalue weighted by Crippen LogP contribution is 2.20. The predicted molar refractivity (Wildman–Crippen MR) is 52.3 cm³/mol. The third kappa shape index (κ3) is 2.02. The molecule has 1 aromatic rings. The Morgan fingerprint density at radius 3 is 2.71 bits per heavy atom. The van der Waals surface area contributed by atoms with Crippen molar-refractivity contribution in [3.63, 3.8) is 0 Å². The van der Waals surface area contributed by atoms with Crippen LogP contribution < -0.4 is 4.90 Å². The van der Waals surface area contributed by atoms with E-state index in [0.29, 0.717) is 12.2 Å². The maximum atomic E-state index is 12.8. The van der Waals surface area contributed by atoms with E-state index in [1.807, 2.05) is 6.92 Å². The summed E-state index contributed by atoms with van der Waals surface area (Å²) >= 11 is 0. The van der Waals surface area contributed by atoms with E-state index < -0.39 is 11.8 Å². The monoisotopic (exact) mass is 197 g/mol. The molecule has 1 rings (SSSR count). The van der Waals surface area contributed by atoms with Crippen molar-refractivity contribution in [1.29, 1.82) is 0 Å². The van der Waals surface area contributed by atoms with Crippen LogP contribution in [0.3, 0.4) is 0 Å². The molecule has 76 valence electrons. The Morgan fingerprint density at radius 1 is 1.57 bits per heavy atom. The van der Waals surface area contributed by atoms with Crippen LogP contribution in [-0.2, 0) is 0 Å². The number of carboxylic acid groups (broad SMARTS) is 1. The highest BCUT2D eigenvalue weighted by molar-refractivity contribution is 5.94. The van der Waals surface area contributed by atoms with Gasteiger partial charge < -0.3 is 10.0 Å². The number of anilines is 1. The molecular formula is C10H12FNO2. The largest absolute Gasteiger partial charge is 0.478 e. The van der Waals surface area contributed by atoms with E-state index in [9.17, 15) is 9.18 Å². The zero-order chi connectivity index (χ0) is 10.7. The zero-order valence-electron chi connectivity index (χ0n) is 8.12. The number of hydrogen-bond acceptors (Lipinski definition) is 2. The van der Waals surface area contributed by atoms with E-state index >= 15 is 0 Å². The van der Waals surface area contributed by atoms with Crippen molar-refractivity contribution >= 4 is 11.7 Å². The molecule has 0 radical (unpaired) electrons. The van der Waals surface area contributed by atoms with Crippen molar-refractivity contribution in [2.75, 3.05) is 18.5 Å². The van der Waals surface area contributed by atoms with Crippen molar-refractivity contribution < 1.29 is 14.3 Å². The van der Waals surface area contributed by atoms with Gasteiger partial charge in [0, 0.05) is 13.6 Å². The van der Waals surface area contributed by atoms with Gasteiger partial charge in [0.25, 0.3) is 0 Å². The summed E-state index contributed by atoms with van der Waals surface area (Å²) in [6.07, 6.45) is 0. The minimum Gasteiger partial charge on any atom is -0.478 e. The van der Waals surface area contributed by atoms with E-state index in [1.165, 1.54) is 12.1 Å². The maximum Gasteiger partial charge on any atom is 0.337 e. The average Bonchev–Trinajstić information content (AvgIpc) is 2.16. The lowest BCUT2D eigenvalue weighted by molar-refractivity contribution is 0.0697. The Balaban J connectivity index is 3.21. The van der Waals surface area contributed by atoms with E-state index in [-0.39, 0.29) is 5.56 Å². The summed E-state index contributed by atoms with van der Waals surface area (Å²) in [6.45, 7) is 2.57. The molecule has 0 aliphatic rings. The summed E-state index contributed by atoms with van der Waals surface area (Å²) in [7, 11) is 1.76. The van der Waals surface area contributed by atoms with Crippen LogP contribution in [0.15, 0.2) is 18.2 Å². The van der Waals surface area contributed by atoms with Gasteiger partial charge in [-0.3, -0.25) is 0 Å². The van der Waals surface area contributed by atoms with Crippen LogP contribution >= 0.6 is 0 Å². The van der Waals surface area contributed by atoms with Crippen LogP contribution in [0, 0.1) is 5.82 Å². The normalized spacial score (nSPS) is 9.93. The summed E-state index contributed by atoms with van der Waals surface area (Å²) in [6, 6.07) is 3.76. The van der Waals surface area contributed by atoms with Crippen LogP contribution in [0.2, 0.25) is 0 Å². The molecule has 14 heavy (non-hydrogen) atoms. The van der Waals surface area contributed by atoms with Gasteiger partial charge in [0.15, 0.2) is 0 Å². The Labute approximate surface area is 81.8 Å². The van der Waals surface area contributed by atoms with E-state index in [1.54, 1.807) is 11.9 Å². The van der Waals surface area contributed by atoms with Gasteiger partial charge in [-0.25, -0.2) is 9.18 Å². The van der Waals surface area contributed by atoms with Crippen LogP contribution in [0.1, 0.15) is 17.3 Å². The summed E-state index contributed by atoms with van der Waals surface area (Å²) in [5.74, 6) is -1.64. The quantitative estimate of drug-likeness (QED) is 0.805. The molecule has 0 aliphatic heterocycles. The minimum absolute atomic E-state index is 0.00523. The highest BCUT2D eigenvalue weighted by Gasteiger charge is 2.13. The SMILES string of the molecule is CCN(C)c1ccc(F)cc1C(=O)O. The Kier molecular flexibility index (Phi) is 3.06. The molecule has 0 saturated carbocycles. The molecule has 0 unspecified atom stereocenters. The summed E-state index contributed by atoms with van der Waals surface area (Å²) < 4.78 is 12.8. The summed E-state index contributed by atoms with van der Waals surface area (Å²) in [5.41, 5.74) is 0.524. The van der Waals surface area contributed by atoms with Crippen molar-refractivity contribution in [2.24, 2.45) is 0 Å². The molecule has 4 heteroatoms. The molecular weight excluding hydrogens is 185 g/mol. The van der Waals surface area contributed by atoms with Gasteiger partial charge in [-0.1, -0.05) is 0 Å². The van der Waals surface area contributed by atoms with Crippen molar-refractivity contribution in [2.45, 2.75) is 6.92 Å². The van der Waals surface area contributed by atoms with E-state index in [0.717, 1.165) is 6.07 Å². The maximum absolute atomic E-state index is 12.8. The van der Waals surface area contributed by atoms with E-state index in [2.05, 4.69) is 0 Å². The van der Waals surface area contributed by atoms with Gasteiger partial charge in [0.2, 0.25) is 0 Å². The molecule has 0 saturated heterocycles. The first-order valence-corrected chi connectivity index (χ1v) is 4.30. The van der Waals surface area contributed by atoms with Gasteiger partial charge in [0.1, 0.15) is 5.82 Å². The van der Waals surface area contributed by atoms with Crippen molar-refractivity contribution in [3.05, 3.63) is 29.6 Å². The van der Waals surface area contributed by atoms with Crippen molar-refractivity contribution in [1.82, 2.24) is 0 Å². The molecule has 3 nitrogen and oxygen atoms in total. The number of carboxylic acids is 1. The molecule has 0 aliphatic carbocycles. The van der Waals surface area contributed by atoms with Crippen LogP contribution in [0.4, 0.5) is 10.1 Å². The standard InChI is InChI=1S/C10H12FNO2/c1-3-12(2)9-5-4-7(11)6-8(9)10(13)14/h4-6H,3H2,1-2H3,(H,13,14). The number of hydrogen-bond donors (Lipinski definition) is 1. The second kappa shape index (κ2) is 4.09. The summed E-state index contributed by atoms with van der Waals surface area (Å²) in [4.78, 5) is 12.6. The topological polar surface area (TPSA) is 40.5 Å². The fourth-order valence-corrected chi connectivity index (χ4v) is 1.18. The lowest BCUT2D eigenvalue weighted by Gasteiger charge is -2.18. The fraction of sp³-hybridized carbons (Fsp3) is 0.300. The van der Waals surface area contributed by atoms with Crippen LogP contribution in [0.25, 0.3) is 0 Å². The fourth-order valence-electron chi connectivity index (χ4n) is 1.18. The first-order valence-electron chi connectivity index (χ1n) is 4.30. The number of rotatable bonds is 3. The van der Waals surface area contributed by atoms with Gasteiger partial charge in [-0.2, -0.15) is 0 Å². The smallest absolute Gasteiger partial charge is 0.337 e. The first-order chi connectivity index (χ1) is 6.56. The van der Waals surface area contributed by atoms with Crippen LogP contribution in [0.5, 0.6) is 0 Å². The average molecular weight is 197 g/mol. The molecule has 0 heterocycles. The Morgan fingerprint density at radius 2 is 2.21 bits per heavy atom. The molecule has 0 spiro atoms. The zero-order valence-corrected chi connectivity index (χ0v) is 8.12. The Hall–Kier alpha value is -1.58. The predicted octanol–water partition coefficient (Wildman–Crippen LogP) is 1.98. The number of aromatic carboxylic acids is 1. The van der Waals surface area contributed by atoms with Gasteiger partial charge in [-0.05, 0) is 25.1 Å². The lowest BCUT2D eigenvalue weighted by Crippen LogP contribution is -2.19. The minimum atomic E-state index is -1.11. The Bertz CT molecular complexity index is 352. The third-order valence-electron chi connectivity index (χ3n) is 2.07. The first kappa shape index (κ1) is 10.5. The second-order valence-electron chi connectivity index (χ2n) is 2.98. The second-order valence-corrected chi connectivity index (χ2v) is 2.98.